The van der Waals surface area contributed by atoms with Crippen molar-refractivity contribution in [3.63, 3.8) is 0 Å². The Balaban J connectivity index is 2.19. The first-order chi connectivity index (χ1) is 10.6. The molecule has 0 spiro atoms. The zero-order chi connectivity index (χ0) is 16.1. The average molecular weight is 365 g/mol. The second-order valence-electron chi connectivity index (χ2n) is 4.73. The second-order valence-corrected chi connectivity index (χ2v) is 5.65. The van der Waals surface area contributed by atoms with E-state index in [4.69, 9.17) is 9.47 Å². The number of phenolic OH excluding ortho intramolecular Hbond substituents is 1. The fourth-order valence-corrected chi connectivity index (χ4v) is 2.69. The maximum atomic E-state index is 12.4. The summed E-state index contributed by atoms with van der Waals surface area (Å²) in [4.78, 5) is 12.4. The normalized spacial score (nSPS) is 10.3. The minimum absolute atomic E-state index is 0.0643. The summed E-state index contributed by atoms with van der Waals surface area (Å²) < 4.78 is 11.4. The lowest BCUT2D eigenvalue weighted by Gasteiger charge is -2.11. The minimum atomic E-state index is -0.169. The number of aryl methyl sites for hydroxylation is 1. The smallest absolute Gasteiger partial charge is 0.170 e. The number of hydrogen-bond acceptors (Lipinski definition) is 4. The van der Waals surface area contributed by atoms with Crippen LogP contribution in [-0.2, 0) is 6.42 Å². The van der Waals surface area contributed by atoms with Gasteiger partial charge in [-0.2, -0.15) is 0 Å². The zero-order valence-electron chi connectivity index (χ0n) is 12.4. The van der Waals surface area contributed by atoms with Crippen molar-refractivity contribution in [1.29, 1.82) is 0 Å². The average Bonchev–Trinajstić information content (AvgIpc) is 2.52. The van der Waals surface area contributed by atoms with Gasteiger partial charge in [-0.05, 0) is 42.3 Å². The summed E-state index contributed by atoms with van der Waals surface area (Å²) in [6.07, 6.45) is 0.764. The SMILES string of the molecule is COc1ccc(Br)cc1CCC(=O)c1c(O)cccc1OC. The number of carbonyl (C=O) groups excluding carboxylic acids is 1. The molecule has 22 heavy (non-hydrogen) atoms. The summed E-state index contributed by atoms with van der Waals surface area (Å²) in [6.45, 7) is 0. The summed E-state index contributed by atoms with van der Waals surface area (Å²) in [7, 11) is 3.07. The number of benzene rings is 2. The van der Waals surface area contributed by atoms with Crippen LogP contribution in [0.25, 0.3) is 0 Å². The maximum Gasteiger partial charge on any atom is 0.170 e. The molecule has 0 amide bonds. The number of hydrogen-bond donors (Lipinski definition) is 1. The molecule has 2 rings (SSSR count). The van der Waals surface area contributed by atoms with Gasteiger partial charge in [-0.1, -0.05) is 22.0 Å². The molecule has 116 valence electrons. The van der Waals surface area contributed by atoms with Gasteiger partial charge in [-0.3, -0.25) is 4.79 Å². The Morgan fingerprint density at radius 3 is 2.55 bits per heavy atom. The monoisotopic (exact) mass is 364 g/mol. The quantitative estimate of drug-likeness (QED) is 0.787. The van der Waals surface area contributed by atoms with Crippen LogP contribution in [0, 0.1) is 0 Å². The number of aromatic hydroxyl groups is 1. The van der Waals surface area contributed by atoms with E-state index in [1.807, 2.05) is 18.2 Å². The Bertz CT molecular complexity index is 682. The first-order valence-corrected chi connectivity index (χ1v) is 7.57. The van der Waals surface area contributed by atoms with Crippen LogP contribution in [0.1, 0.15) is 22.3 Å². The largest absolute Gasteiger partial charge is 0.507 e. The molecule has 0 aliphatic carbocycles. The molecule has 0 aromatic heterocycles. The number of ketones is 1. The number of rotatable bonds is 6. The van der Waals surface area contributed by atoms with Crippen molar-refractivity contribution in [3.8, 4) is 17.2 Å². The van der Waals surface area contributed by atoms with Crippen molar-refractivity contribution in [2.45, 2.75) is 12.8 Å². The van der Waals surface area contributed by atoms with Gasteiger partial charge in [0.2, 0.25) is 0 Å². The van der Waals surface area contributed by atoms with Crippen molar-refractivity contribution < 1.29 is 19.4 Å². The van der Waals surface area contributed by atoms with E-state index >= 15 is 0 Å². The van der Waals surface area contributed by atoms with Gasteiger partial charge in [0.05, 0.1) is 14.2 Å². The van der Waals surface area contributed by atoms with Crippen molar-refractivity contribution in [3.05, 3.63) is 52.0 Å². The van der Waals surface area contributed by atoms with Gasteiger partial charge in [0.1, 0.15) is 22.8 Å². The predicted molar refractivity (Wildman–Crippen MR) is 88.0 cm³/mol. The van der Waals surface area contributed by atoms with Crippen LogP contribution >= 0.6 is 15.9 Å². The van der Waals surface area contributed by atoms with Crippen molar-refractivity contribution >= 4 is 21.7 Å². The first kappa shape index (κ1) is 16.4. The van der Waals surface area contributed by atoms with Crippen molar-refractivity contribution in [1.82, 2.24) is 0 Å². The number of halogens is 1. The van der Waals surface area contributed by atoms with Crippen LogP contribution in [0.4, 0.5) is 0 Å². The van der Waals surface area contributed by atoms with Gasteiger partial charge in [-0.15, -0.1) is 0 Å². The Kier molecular flexibility index (Phi) is 5.44. The minimum Gasteiger partial charge on any atom is -0.507 e. The second kappa shape index (κ2) is 7.31. The highest BCUT2D eigenvalue weighted by atomic mass is 79.9. The fourth-order valence-electron chi connectivity index (χ4n) is 2.29. The summed E-state index contributed by atoms with van der Waals surface area (Å²) in [5, 5.41) is 9.90. The topological polar surface area (TPSA) is 55.8 Å². The molecule has 0 aliphatic heterocycles. The molecule has 0 aliphatic rings. The molecule has 4 nitrogen and oxygen atoms in total. The van der Waals surface area contributed by atoms with Crippen LogP contribution in [0.5, 0.6) is 17.2 Å². The molecule has 0 radical (unpaired) electrons. The lowest BCUT2D eigenvalue weighted by molar-refractivity contribution is 0.0977. The molecule has 0 bridgehead atoms. The van der Waals surface area contributed by atoms with E-state index in [0.29, 0.717) is 12.2 Å². The van der Waals surface area contributed by atoms with Crippen LogP contribution in [0.3, 0.4) is 0 Å². The van der Waals surface area contributed by atoms with E-state index in [-0.39, 0.29) is 23.5 Å². The van der Waals surface area contributed by atoms with Gasteiger partial charge < -0.3 is 14.6 Å². The van der Waals surface area contributed by atoms with Gasteiger partial charge in [0.25, 0.3) is 0 Å². The third-order valence-corrected chi connectivity index (χ3v) is 3.86. The van der Waals surface area contributed by atoms with E-state index < -0.39 is 0 Å². The molecule has 5 heteroatoms. The van der Waals surface area contributed by atoms with Crippen LogP contribution in [-0.4, -0.2) is 25.1 Å². The Morgan fingerprint density at radius 1 is 1.14 bits per heavy atom. The highest BCUT2D eigenvalue weighted by molar-refractivity contribution is 9.10. The summed E-state index contributed by atoms with van der Waals surface area (Å²) in [5.74, 6) is 0.883. The summed E-state index contributed by atoms with van der Waals surface area (Å²) in [5.41, 5.74) is 1.15. The number of carbonyl (C=O) groups is 1. The molecule has 2 aromatic carbocycles. The predicted octanol–water partition coefficient (Wildman–Crippen LogP) is 3.99. The molecule has 0 heterocycles. The van der Waals surface area contributed by atoms with Gasteiger partial charge in [-0.25, -0.2) is 0 Å². The molecule has 0 saturated heterocycles. The molecule has 0 fully saturated rings. The standard InChI is InChI=1S/C17H17BrO4/c1-21-15-9-7-12(18)10-11(15)6-8-14(20)17-13(19)4-3-5-16(17)22-2/h3-5,7,9-10,19H,6,8H2,1-2H3. The lowest BCUT2D eigenvalue weighted by atomic mass is 10.0. The number of methoxy groups -OCH3 is 2. The molecule has 0 atom stereocenters. The van der Waals surface area contributed by atoms with Gasteiger partial charge in [0, 0.05) is 10.9 Å². The molecule has 2 aromatic rings. The number of ether oxygens (including phenoxy) is 2. The maximum absolute atomic E-state index is 12.4. The Hall–Kier alpha value is -2.01. The molecular formula is C17H17BrO4. The third kappa shape index (κ3) is 3.60. The van der Waals surface area contributed by atoms with E-state index in [0.717, 1.165) is 15.8 Å². The highest BCUT2D eigenvalue weighted by Gasteiger charge is 2.17. The summed E-state index contributed by atoms with van der Waals surface area (Å²) in [6, 6.07) is 10.4. The van der Waals surface area contributed by atoms with Crippen molar-refractivity contribution in [2.24, 2.45) is 0 Å². The molecule has 0 saturated carbocycles. The van der Waals surface area contributed by atoms with E-state index in [1.165, 1.54) is 13.2 Å². The summed E-state index contributed by atoms with van der Waals surface area (Å²) >= 11 is 3.41. The molecule has 0 unspecified atom stereocenters. The molecule has 1 N–H and O–H groups in total. The Labute approximate surface area is 137 Å². The van der Waals surface area contributed by atoms with Crippen LogP contribution in [0.2, 0.25) is 0 Å². The number of phenols is 1. The van der Waals surface area contributed by atoms with Crippen LogP contribution < -0.4 is 9.47 Å². The van der Waals surface area contributed by atoms with E-state index in [1.54, 1.807) is 19.2 Å². The van der Waals surface area contributed by atoms with Crippen molar-refractivity contribution in [2.75, 3.05) is 14.2 Å². The van der Waals surface area contributed by atoms with Gasteiger partial charge in [0.15, 0.2) is 5.78 Å². The fraction of sp³-hybridized carbons (Fsp3) is 0.235. The van der Waals surface area contributed by atoms with E-state index in [2.05, 4.69) is 15.9 Å². The van der Waals surface area contributed by atoms with E-state index in [9.17, 15) is 9.90 Å². The van der Waals surface area contributed by atoms with Crippen LogP contribution in [0.15, 0.2) is 40.9 Å². The zero-order valence-corrected chi connectivity index (χ0v) is 14.0. The first-order valence-electron chi connectivity index (χ1n) is 6.78. The molecular weight excluding hydrogens is 348 g/mol. The third-order valence-electron chi connectivity index (χ3n) is 3.37. The Morgan fingerprint density at radius 2 is 1.86 bits per heavy atom. The lowest BCUT2D eigenvalue weighted by Crippen LogP contribution is -2.05. The van der Waals surface area contributed by atoms with Gasteiger partial charge >= 0.3 is 0 Å². The highest BCUT2D eigenvalue weighted by Crippen LogP contribution is 2.30. The number of Topliss-reactive ketones (excluding diaryl/α,β-unsaturated/α-hetero) is 1.